The first-order valence-electron chi connectivity index (χ1n) is 10.6. The number of rotatable bonds is 5. The Bertz CT molecular complexity index is 1260. The number of pyridine rings is 1. The number of nitrogens with one attached hydrogen (secondary N) is 1. The van der Waals surface area contributed by atoms with Crippen molar-refractivity contribution in [2.45, 2.75) is 26.3 Å². The highest BCUT2D eigenvalue weighted by Crippen LogP contribution is 2.35. The summed E-state index contributed by atoms with van der Waals surface area (Å²) in [6.07, 6.45) is 7.24. The van der Waals surface area contributed by atoms with Crippen molar-refractivity contribution in [2.24, 2.45) is 0 Å². The molecule has 4 aromatic rings. The van der Waals surface area contributed by atoms with Gasteiger partial charge < -0.3 is 14.8 Å². The third kappa shape index (κ3) is 3.28. The molecule has 1 amide bonds. The fraction of sp³-hybridized carbons (Fsp3) is 0.318. The van der Waals surface area contributed by atoms with Crippen LogP contribution in [-0.2, 0) is 6.42 Å². The molecule has 32 heavy (non-hydrogen) atoms. The van der Waals surface area contributed by atoms with E-state index in [1.807, 2.05) is 18.7 Å². The Balaban J connectivity index is 1.54. The zero-order chi connectivity index (χ0) is 22.2. The van der Waals surface area contributed by atoms with Gasteiger partial charge in [-0.1, -0.05) is 0 Å². The largest absolute Gasteiger partial charge is 0.348 e. The molecule has 1 N–H and O–H groups in total. The van der Waals surface area contributed by atoms with Crippen LogP contribution < -0.4 is 4.90 Å². The summed E-state index contributed by atoms with van der Waals surface area (Å²) in [5.41, 5.74) is 3.21. The van der Waals surface area contributed by atoms with Gasteiger partial charge in [-0.2, -0.15) is 5.10 Å². The number of amides is 1. The lowest BCUT2D eigenvalue weighted by atomic mass is 10.00. The molecule has 0 saturated carbocycles. The average Bonchev–Trinajstić information content (AvgIpc) is 3.47. The number of halogens is 1. The lowest BCUT2D eigenvalue weighted by Crippen LogP contribution is -2.37. The minimum atomic E-state index is -0.358. The van der Waals surface area contributed by atoms with Gasteiger partial charge in [-0.25, -0.2) is 23.9 Å². The summed E-state index contributed by atoms with van der Waals surface area (Å²) in [4.78, 5) is 33.0. The van der Waals surface area contributed by atoms with Crippen LogP contribution in [0.5, 0.6) is 0 Å². The SMILES string of the molecule is CCN(CC)C(=O)c1cnc(N2CCc3[nH]cnc3[C@H]2c2cc3c(F)cccn3n2)cn1. The van der Waals surface area contributed by atoms with Crippen molar-refractivity contribution in [2.75, 3.05) is 24.5 Å². The average molecular weight is 434 g/mol. The summed E-state index contributed by atoms with van der Waals surface area (Å²) in [5.74, 6) is 0.127. The van der Waals surface area contributed by atoms with Gasteiger partial charge in [-0.3, -0.25) is 4.79 Å². The molecule has 0 radical (unpaired) electrons. The quantitative estimate of drug-likeness (QED) is 0.519. The number of H-pyrrole nitrogens is 1. The second-order valence-electron chi connectivity index (χ2n) is 7.60. The molecule has 1 aliphatic rings. The highest BCUT2D eigenvalue weighted by Gasteiger charge is 2.34. The first kappa shape index (κ1) is 20.1. The van der Waals surface area contributed by atoms with E-state index in [0.29, 0.717) is 42.4 Å². The number of aromatic nitrogens is 6. The van der Waals surface area contributed by atoms with E-state index in [1.54, 1.807) is 35.8 Å². The summed E-state index contributed by atoms with van der Waals surface area (Å²) in [6, 6.07) is 4.41. The molecule has 0 aliphatic carbocycles. The first-order valence-corrected chi connectivity index (χ1v) is 10.6. The van der Waals surface area contributed by atoms with Crippen molar-refractivity contribution in [1.29, 1.82) is 0 Å². The second-order valence-corrected chi connectivity index (χ2v) is 7.60. The van der Waals surface area contributed by atoms with Gasteiger partial charge in [0.15, 0.2) is 0 Å². The van der Waals surface area contributed by atoms with E-state index in [2.05, 4.69) is 25.0 Å². The smallest absolute Gasteiger partial charge is 0.274 e. The third-order valence-electron chi connectivity index (χ3n) is 5.88. The molecule has 0 spiro atoms. The summed E-state index contributed by atoms with van der Waals surface area (Å²) in [5, 5.41) is 4.61. The highest BCUT2D eigenvalue weighted by molar-refractivity contribution is 5.92. The number of hydrogen-bond acceptors (Lipinski definition) is 6. The summed E-state index contributed by atoms with van der Waals surface area (Å²) in [6.45, 7) is 5.73. The van der Waals surface area contributed by atoms with E-state index in [4.69, 9.17) is 0 Å². The molecule has 1 atom stereocenters. The normalized spacial score (nSPS) is 15.7. The maximum atomic E-state index is 14.3. The molecule has 9 nitrogen and oxygen atoms in total. The fourth-order valence-corrected chi connectivity index (χ4v) is 4.21. The molecular weight excluding hydrogens is 411 g/mol. The Morgan fingerprint density at radius 1 is 1.25 bits per heavy atom. The Morgan fingerprint density at radius 3 is 2.81 bits per heavy atom. The molecule has 5 rings (SSSR count). The van der Waals surface area contributed by atoms with Crippen molar-refractivity contribution in [3.63, 3.8) is 0 Å². The number of hydrogen-bond donors (Lipinski definition) is 1. The minimum Gasteiger partial charge on any atom is -0.348 e. The Morgan fingerprint density at radius 2 is 2.09 bits per heavy atom. The van der Waals surface area contributed by atoms with Gasteiger partial charge in [0.05, 0.1) is 30.1 Å². The zero-order valence-corrected chi connectivity index (χ0v) is 17.9. The van der Waals surface area contributed by atoms with E-state index in [9.17, 15) is 9.18 Å². The van der Waals surface area contributed by atoms with E-state index in [-0.39, 0.29) is 17.8 Å². The van der Waals surface area contributed by atoms with Crippen LogP contribution in [0, 0.1) is 5.82 Å². The number of carbonyl (C=O) groups is 1. The zero-order valence-electron chi connectivity index (χ0n) is 17.9. The fourth-order valence-electron chi connectivity index (χ4n) is 4.21. The van der Waals surface area contributed by atoms with Gasteiger partial charge in [0.2, 0.25) is 0 Å². The molecule has 4 aromatic heterocycles. The summed E-state index contributed by atoms with van der Waals surface area (Å²) < 4.78 is 15.8. The second kappa shape index (κ2) is 8.03. The van der Waals surface area contributed by atoms with Crippen LogP contribution in [0.2, 0.25) is 0 Å². The number of anilines is 1. The predicted octanol–water partition coefficient (Wildman–Crippen LogP) is 2.62. The van der Waals surface area contributed by atoms with Gasteiger partial charge in [0.1, 0.15) is 28.9 Å². The van der Waals surface area contributed by atoms with E-state index in [1.165, 1.54) is 16.8 Å². The van der Waals surface area contributed by atoms with Crippen LogP contribution >= 0.6 is 0 Å². The lowest BCUT2D eigenvalue weighted by molar-refractivity contribution is 0.0766. The number of fused-ring (bicyclic) bond motifs is 2. The van der Waals surface area contributed by atoms with Crippen molar-refractivity contribution in [3.8, 4) is 0 Å². The summed E-state index contributed by atoms with van der Waals surface area (Å²) >= 11 is 0. The van der Waals surface area contributed by atoms with Crippen LogP contribution in [-0.4, -0.2) is 60.0 Å². The number of carbonyl (C=O) groups excluding carboxylic acids is 1. The molecule has 164 valence electrons. The monoisotopic (exact) mass is 434 g/mol. The van der Waals surface area contributed by atoms with Gasteiger partial charge in [0, 0.05) is 37.9 Å². The molecule has 0 aromatic carbocycles. The van der Waals surface area contributed by atoms with Crippen LogP contribution in [0.25, 0.3) is 5.52 Å². The molecule has 0 bridgehead atoms. The van der Waals surface area contributed by atoms with E-state index in [0.717, 1.165) is 17.8 Å². The van der Waals surface area contributed by atoms with Gasteiger partial charge in [-0.05, 0) is 32.0 Å². The lowest BCUT2D eigenvalue weighted by Gasteiger charge is -2.34. The van der Waals surface area contributed by atoms with Crippen LogP contribution in [0.15, 0.2) is 43.1 Å². The number of nitrogens with zero attached hydrogens (tertiary/aromatic N) is 7. The molecule has 0 fully saturated rings. The number of aromatic amines is 1. The van der Waals surface area contributed by atoms with Crippen molar-refractivity contribution in [1.82, 2.24) is 34.4 Å². The van der Waals surface area contributed by atoms with Crippen molar-refractivity contribution in [3.05, 3.63) is 71.7 Å². The van der Waals surface area contributed by atoms with Gasteiger partial charge in [0.25, 0.3) is 5.91 Å². The molecular formula is C22H23FN8O. The molecule has 5 heterocycles. The highest BCUT2D eigenvalue weighted by atomic mass is 19.1. The van der Waals surface area contributed by atoms with Crippen molar-refractivity contribution < 1.29 is 9.18 Å². The maximum absolute atomic E-state index is 14.3. The topological polar surface area (TPSA) is 95.3 Å². The Labute approximate surface area is 183 Å². The van der Waals surface area contributed by atoms with E-state index < -0.39 is 0 Å². The Kier molecular flexibility index (Phi) is 5.04. The molecule has 0 saturated heterocycles. The van der Waals surface area contributed by atoms with Gasteiger partial charge >= 0.3 is 0 Å². The third-order valence-corrected chi connectivity index (χ3v) is 5.88. The molecule has 10 heteroatoms. The maximum Gasteiger partial charge on any atom is 0.274 e. The predicted molar refractivity (Wildman–Crippen MR) is 116 cm³/mol. The van der Waals surface area contributed by atoms with E-state index >= 15 is 0 Å². The molecule has 0 unspecified atom stereocenters. The van der Waals surface area contributed by atoms with Gasteiger partial charge in [-0.15, -0.1) is 0 Å². The Hall–Kier alpha value is -3.82. The van der Waals surface area contributed by atoms with Crippen LogP contribution in [0.3, 0.4) is 0 Å². The van der Waals surface area contributed by atoms with Crippen molar-refractivity contribution >= 4 is 17.2 Å². The molecule has 1 aliphatic heterocycles. The summed E-state index contributed by atoms with van der Waals surface area (Å²) in [7, 11) is 0. The van der Waals surface area contributed by atoms with Crippen LogP contribution in [0.4, 0.5) is 10.2 Å². The first-order chi connectivity index (χ1) is 15.6. The number of imidazole rings is 1. The standard InChI is InChI=1S/C22H23FN8O/c1-3-29(4-2)22(32)17-11-25-19(12-24-17)30-9-7-15-20(27-13-26-15)21(30)16-10-18-14(23)6-5-8-31(18)28-16/h5-6,8,10-13,21H,3-4,7,9H2,1-2H3,(H,26,27)/t21-/m1/s1. The minimum absolute atomic E-state index is 0.144. The van der Waals surface area contributed by atoms with Crippen LogP contribution in [0.1, 0.15) is 47.5 Å².